The van der Waals surface area contributed by atoms with Crippen molar-refractivity contribution in [2.45, 2.75) is 6.92 Å². The molecule has 7 nitrogen and oxygen atoms in total. The molecule has 1 aliphatic heterocycles. The fourth-order valence-corrected chi connectivity index (χ4v) is 2.20. The van der Waals surface area contributed by atoms with Crippen LogP contribution < -0.4 is 5.32 Å². The van der Waals surface area contributed by atoms with Crippen LogP contribution in [0.2, 0.25) is 0 Å². The Morgan fingerprint density at radius 3 is 2.94 bits per heavy atom. The Labute approximate surface area is 107 Å². The van der Waals surface area contributed by atoms with Crippen LogP contribution in [-0.4, -0.2) is 47.5 Å². The molecule has 1 aromatic rings. The van der Waals surface area contributed by atoms with Crippen LogP contribution in [0.25, 0.3) is 0 Å². The number of aryl methyl sites for hydroxylation is 1. The highest BCUT2D eigenvalue weighted by molar-refractivity contribution is 7.11. The second kappa shape index (κ2) is 5.13. The fourth-order valence-electron chi connectivity index (χ4n) is 1.48. The minimum absolute atomic E-state index is 0.112. The molecule has 0 unspecified atom stereocenters. The van der Waals surface area contributed by atoms with Crippen molar-refractivity contribution in [2.75, 3.05) is 19.7 Å². The maximum atomic E-state index is 11.7. The first-order valence-corrected chi connectivity index (χ1v) is 6.13. The van der Waals surface area contributed by atoms with Crippen LogP contribution >= 0.6 is 11.3 Å². The van der Waals surface area contributed by atoms with Gasteiger partial charge in [0.05, 0.1) is 11.2 Å². The van der Waals surface area contributed by atoms with Gasteiger partial charge in [-0.3, -0.25) is 9.59 Å². The topological polar surface area (TPSA) is 88.6 Å². The molecule has 0 spiro atoms. The van der Waals surface area contributed by atoms with Gasteiger partial charge in [-0.15, -0.1) is 11.3 Å². The van der Waals surface area contributed by atoms with Crippen LogP contribution in [-0.2, 0) is 9.53 Å². The molecule has 1 fully saturated rings. The normalized spacial score (nSPS) is 14.8. The van der Waals surface area contributed by atoms with Crippen molar-refractivity contribution in [3.8, 4) is 0 Å². The van der Waals surface area contributed by atoms with E-state index in [1.54, 1.807) is 12.4 Å². The largest absolute Gasteiger partial charge is 0.439 e. The van der Waals surface area contributed by atoms with Crippen molar-refractivity contribution in [2.24, 2.45) is 0 Å². The third kappa shape index (κ3) is 2.48. The molecule has 8 heteroatoms. The molecular weight excluding hydrogens is 258 g/mol. The zero-order valence-electron chi connectivity index (χ0n) is 9.63. The molecule has 0 saturated carbocycles. The molecule has 96 valence electrons. The van der Waals surface area contributed by atoms with E-state index in [4.69, 9.17) is 0 Å². The highest BCUT2D eigenvalue weighted by atomic mass is 32.1. The van der Waals surface area contributed by atoms with Gasteiger partial charge in [-0.25, -0.2) is 14.7 Å². The predicted molar refractivity (Wildman–Crippen MR) is 62.2 cm³/mol. The summed E-state index contributed by atoms with van der Waals surface area (Å²) in [4.78, 5) is 39.5. The molecule has 1 aromatic heterocycles. The summed E-state index contributed by atoms with van der Waals surface area (Å²) in [7, 11) is 0. The van der Waals surface area contributed by atoms with E-state index in [1.165, 1.54) is 11.3 Å². The van der Waals surface area contributed by atoms with Crippen molar-refractivity contribution < 1.29 is 19.1 Å². The SMILES string of the molecule is Cc1ncsc1C(=O)NCCN1C(=O)COC1=O. The van der Waals surface area contributed by atoms with Crippen LogP contribution in [0.5, 0.6) is 0 Å². The van der Waals surface area contributed by atoms with Crippen LogP contribution in [0.4, 0.5) is 4.79 Å². The number of hydrogen-bond acceptors (Lipinski definition) is 6. The summed E-state index contributed by atoms with van der Waals surface area (Å²) in [6.07, 6.45) is -0.664. The summed E-state index contributed by atoms with van der Waals surface area (Å²) in [5.74, 6) is -0.641. The van der Waals surface area contributed by atoms with E-state index >= 15 is 0 Å². The van der Waals surface area contributed by atoms with Gasteiger partial charge in [-0.05, 0) is 6.92 Å². The van der Waals surface area contributed by atoms with E-state index in [1.807, 2.05) is 0 Å². The van der Waals surface area contributed by atoms with Gasteiger partial charge >= 0.3 is 6.09 Å². The van der Waals surface area contributed by atoms with Gasteiger partial charge in [-0.1, -0.05) is 0 Å². The Bertz CT molecular complexity index is 483. The molecule has 0 aliphatic carbocycles. The van der Waals surface area contributed by atoms with Crippen LogP contribution in [0.15, 0.2) is 5.51 Å². The molecule has 1 aliphatic rings. The van der Waals surface area contributed by atoms with Crippen molar-refractivity contribution in [3.63, 3.8) is 0 Å². The average Bonchev–Trinajstić information content (AvgIpc) is 2.89. The number of thiazole rings is 1. The van der Waals surface area contributed by atoms with Crippen LogP contribution in [0, 0.1) is 6.92 Å². The number of nitrogens with zero attached hydrogens (tertiary/aromatic N) is 2. The number of carbonyl (C=O) groups is 3. The molecule has 3 amide bonds. The summed E-state index contributed by atoms with van der Waals surface area (Å²) in [5, 5.41) is 2.62. The third-order valence-electron chi connectivity index (χ3n) is 2.41. The summed E-state index contributed by atoms with van der Waals surface area (Å²) >= 11 is 1.25. The van der Waals surface area contributed by atoms with Gasteiger partial charge in [0.25, 0.3) is 11.8 Å². The summed E-state index contributed by atoms with van der Waals surface area (Å²) in [6.45, 7) is 1.83. The number of nitrogens with one attached hydrogen (secondary N) is 1. The Morgan fingerprint density at radius 2 is 2.39 bits per heavy atom. The first kappa shape index (κ1) is 12.5. The molecule has 2 heterocycles. The second-order valence-corrected chi connectivity index (χ2v) is 4.48. The van der Waals surface area contributed by atoms with Gasteiger partial charge < -0.3 is 10.1 Å². The van der Waals surface area contributed by atoms with Crippen molar-refractivity contribution in [3.05, 3.63) is 16.1 Å². The molecular formula is C10H11N3O4S. The number of carbonyl (C=O) groups excluding carboxylic acids is 3. The molecule has 18 heavy (non-hydrogen) atoms. The number of aromatic nitrogens is 1. The summed E-state index contributed by atoms with van der Waals surface area (Å²) < 4.78 is 4.54. The van der Waals surface area contributed by atoms with E-state index < -0.39 is 6.09 Å². The van der Waals surface area contributed by atoms with E-state index in [9.17, 15) is 14.4 Å². The van der Waals surface area contributed by atoms with E-state index in [0.717, 1.165) is 4.90 Å². The fraction of sp³-hybridized carbons (Fsp3) is 0.400. The van der Waals surface area contributed by atoms with Gasteiger partial charge in [0.2, 0.25) is 0 Å². The van der Waals surface area contributed by atoms with Crippen LogP contribution in [0.3, 0.4) is 0 Å². The third-order valence-corrected chi connectivity index (χ3v) is 3.34. The zero-order chi connectivity index (χ0) is 13.1. The standard InChI is InChI=1S/C10H11N3O4S/c1-6-8(18-5-12-6)9(15)11-2-3-13-7(14)4-17-10(13)16/h5H,2-4H2,1H3,(H,11,15). The smallest absolute Gasteiger partial charge is 0.417 e. The molecule has 2 rings (SSSR count). The summed E-state index contributed by atoms with van der Waals surface area (Å²) in [6, 6.07) is 0. The lowest BCUT2D eigenvalue weighted by Gasteiger charge is -2.10. The average molecular weight is 269 g/mol. The molecule has 0 bridgehead atoms. The lowest BCUT2D eigenvalue weighted by atomic mass is 10.3. The maximum absolute atomic E-state index is 11.7. The first-order chi connectivity index (χ1) is 8.59. The molecule has 1 saturated heterocycles. The Morgan fingerprint density at radius 1 is 1.61 bits per heavy atom. The van der Waals surface area contributed by atoms with Crippen molar-refractivity contribution in [1.29, 1.82) is 0 Å². The Kier molecular flexibility index (Phi) is 3.56. The van der Waals surface area contributed by atoms with E-state index in [0.29, 0.717) is 10.6 Å². The van der Waals surface area contributed by atoms with Gasteiger partial charge in [0, 0.05) is 13.1 Å². The van der Waals surface area contributed by atoms with E-state index in [-0.39, 0.29) is 31.5 Å². The lowest BCUT2D eigenvalue weighted by Crippen LogP contribution is -2.37. The number of ether oxygens (including phenoxy) is 1. The quantitative estimate of drug-likeness (QED) is 0.841. The molecule has 0 atom stereocenters. The predicted octanol–water partition coefficient (Wildman–Crippen LogP) is 0.160. The molecule has 1 N–H and O–H groups in total. The first-order valence-electron chi connectivity index (χ1n) is 5.25. The number of imide groups is 1. The summed E-state index contributed by atoms with van der Waals surface area (Å²) in [5.41, 5.74) is 2.25. The molecule has 0 aromatic carbocycles. The number of amides is 3. The molecule has 0 radical (unpaired) electrons. The lowest BCUT2D eigenvalue weighted by molar-refractivity contribution is -0.125. The van der Waals surface area contributed by atoms with Gasteiger partial charge in [0.15, 0.2) is 6.61 Å². The highest BCUT2D eigenvalue weighted by Crippen LogP contribution is 2.11. The monoisotopic (exact) mass is 269 g/mol. The minimum Gasteiger partial charge on any atom is -0.439 e. The maximum Gasteiger partial charge on any atom is 0.417 e. The number of cyclic esters (lactones) is 1. The van der Waals surface area contributed by atoms with Gasteiger partial charge in [0.1, 0.15) is 4.88 Å². The number of hydrogen-bond donors (Lipinski definition) is 1. The minimum atomic E-state index is -0.664. The highest BCUT2D eigenvalue weighted by Gasteiger charge is 2.30. The van der Waals surface area contributed by atoms with E-state index in [2.05, 4.69) is 15.0 Å². The zero-order valence-corrected chi connectivity index (χ0v) is 10.5. The second-order valence-electron chi connectivity index (χ2n) is 3.62. The van der Waals surface area contributed by atoms with Gasteiger partial charge in [-0.2, -0.15) is 0 Å². The van der Waals surface area contributed by atoms with Crippen molar-refractivity contribution in [1.82, 2.24) is 15.2 Å². The Balaban J connectivity index is 1.82. The van der Waals surface area contributed by atoms with Crippen LogP contribution in [0.1, 0.15) is 15.4 Å². The Hall–Kier alpha value is -1.96. The number of rotatable bonds is 4. The van der Waals surface area contributed by atoms with Crippen molar-refractivity contribution >= 4 is 29.2 Å².